The van der Waals surface area contributed by atoms with Crippen LogP contribution in [0.5, 0.6) is 0 Å². The molecule has 78 valence electrons. The van der Waals surface area contributed by atoms with Crippen LogP contribution in [0.15, 0.2) is 0 Å². The van der Waals surface area contributed by atoms with E-state index in [0.29, 0.717) is 12.5 Å². The second-order valence-corrected chi connectivity index (χ2v) is 3.74. The van der Waals surface area contributed by atoms with Crippen molar-refractivity contribution in [3.05, 3.63) is 0 Å². The molecule has 0 saturated heterocycles. The van der Waals surface area contributed by atoms with Crippen LogP contribution in [-0.2, 0) is 4.79 Å². The maximum Gasteiger partial charge on any atom is 0.304 e. The van der Waals surface area contributed by atoms with Gasteiger partial charge < -0.3 is 16.2 Å². The normalized spacial score (nSPS) is 13.2. The standard InChI is InChI=1S/C9H20N2O2/c1-7(2)3-4-11-6-8(10)5-9(12)13/h7-8,11H,3-6,10H2,1-2H3,(H,12,13). The largest absolute Gasteiger partial charge is 0.481 e. The SMILES string of the molecule is CC(C)CCNCC(N)CC(=O)O. The van der Waals surface area contributed by atoms with Gasteiger partial charge in [-0.15, -0.1) is 0 Å². The van der Waals surface area contributed by atoms with Gasteiger partial charge in [0, 0.05) is 12.6 Å². The van der Waals surface area contributed by atoms with Crippen LogP contribution in [0.3, 0.4) is 0 Å². The molecular formula is C9H20N2O2. The number of aliphatic carboxylic acids is 1. The lowest BCUT2D eigenvalue weighted by molar-refractivity contribution is -0.137. The number of nitrogens with one attached hydrogen (secondary N) is 1. The summed E-state index contributed by atoms with van der Waals surface area (Å²) in [7, 11) is 0. The van der Waals surface area contributed by atoms with Gasteiger partial charge in [-0.25, -0.2) is 0 Å². The molecule has 0 rings (SSSR count). The van der Waals surface area contributed by atoms with Crippen LogP contribution in [0.4, 0.5) is 0 Å². The fraction of sp³-hybridized carbons (Fsp3) is 0.889. The van der Waals surface area contributed by atoms with Crippen molar-refractivity contribution < 1.29 is 9.90 Å². The van der Waals surface area contributed by atoms with Gasteiger partial charge in [0.1, 0.15) is 0 Å². The molecule has 0 saturated carbocycles. The molecule has 0 heterocycles. The second kappa shape index (κ2) is 6.86. The lowest BCUT2D eigenvalue weighted by Gasteiger charge is -2.11. The summed E-state index contributed by atoms with van der Waals surface area (Å²) in [6.07, 6.45) is 1.13. The van der Waals surface area contributed by atoms with Crippen LogP contribution in [-0.4, -0.2) is 30.2 Å². The highest BCUT2D eigenvalue weighted by atomic mass is 16.4. The van der Waals surface area contributed by atoms with Gasteiger partial charge in [0.25, 0.3) is 0 Å². The molecule has 4 N–H and O–H groups in total. The highest BCUT2D eigenvalue weighted by molar-refractivity contribution is 5.67. The van der Waals surface area contributed by atoms with Crippen molar-refractivity contribution in [2.45, 2.75) is 32.7 Å². The first-order valence-corrected chi connectivity index (χ1v) is 4.70. The van der Waals surface area contributed by atoms with E-state index in [9.17, 15) is 4.79 Å². The van der Waals surface area contributed by atoms with Crippen molar-refractivity contribution in [3.63, 3.8) is 0 Å². The summed E-state index contributed by atoms with van der Waals surface area (Å²) in [4.78, 5) is 10.2. The molecule has 0 aliphatic carbocycles. The van der Waals surface area contributed by atoms with Crippen LogP contribution in [0.2, 0.25) is 0 Å². The third-order valence-electron chi connectivity index (χ3n) is 1.74. The molecule has 0 aromatic carbocycles. The Morgan fingerprint density at radius 2 is 2.15 bits per heavy atom. The molecule has 0 aliphatic rings. The minimum absolute atomic E-state index is 0.0364. The Balaban J connectivity index is 3.26. The van der Waals surface area contributed by atoms with Crippen LogP contribution in [0, 0.1) is 5.92 Å². The molecule has 0 aliphatic heterocycles. The minimum atomic E-state index is -0.835. The third-order valence-corrected chi connectivity index (χ3v) is 1.74. The molecule has 0 bridgehead atoms. The van der Waals surface area contributed by atoms with E-state index in [-0.39, 0.29) is 12.5 Å². The van der Waals surface area contributed by atoms with E-state index in [1.165, 1.54) is 0 Å². The number of carboxylic acids is 1. The minimum Gasteiger partial charge on any atom is -0.481 e. The topological polar surface area (TPSA) is 75.3 Å². The van der Waals surface area contributed by atoms with Crippen molar-refractivity contribution in [2.75, 3.05) is 13.1 Å². The van der Waals surface area contributed by atoms with E-state index in [4.69, 9.17) is 10.8 Å². The second-order valence-electron chi connectivity index (χ2n) is 3.74. The Kier molecular flexibility index (Phi) is 6.54. The molecule has 4 heteroatoms. The maximum atomic E-state index is 10.2. The summed E-state index contributed by atoms with van der Waals surface area (Å²) in [6.45, 7) is 5.79. The molecule has 0 aromatic heterocycles. The van der Waals surface area contributed by atoms with E-state index >= 15 is 0 Å². The van der Waals surface area contributed by atoms with Crippen LogP contribution in [0.1, 0.15) is 26.7 Å². The Bertz CT molecular complexity index is 149. The highest BCUT2D eigenvalue weighted by Gasteiger charge is 2.06. The summed E-state index contributed by atoms with van der Waals surface area (Å²) in [5, 5.41) is 11.6. The predicted octanol–water partition coefficient (Wildman–Crippen LogP) is 0.424. The molecule has 0 radical (unpaired) electrons. The molecule has 0 spiro atoms. The number of carboxylic acid groups (broad SMARTS) is 1. The van der Waals surface area contributed by atoms with E-state index in [2.05, 4.69) is 19.2 Å². The number of hydrogen-bond acceptors (Lipinski definition) is 3. The van der Waals surface area contributed by atoms with Crippen molar-refractivity contribution >= 4 is 5.97 Å². The van der Waals surface area contributed by atoms with Gasteiger partial charge in [0.05, 0.1) is 6.42 Å². The molecule has 0 aromatic rings. The van der Waals surface area contributed by atoms with E-state index in [0.717, 1.165) is 13.0 Å². The summed E-state index contributed by atoms with van der Waals surface area (Å²) in [5.41, 5.74) is 5.55. The van der Waals surface area contributed by atoms with E-state index < -0.39 is 5.97 Å². The smallest absolute Gasteiger partial charge is 0.304 e. The molecule has 0 amide bonds. The van der Waals surface area contributed by atoms with Crippen molar-refractivity contribution in [2.24, 2.45) is 11.7 Å². The monoisotopic (exact) mass is 188 g/mol. The van der Waals surface area contributed by atoms with E-state index in [1.54, 1.807) is 0 Å². The zero-order chi connectivity index (χ0) is 10.3. The molecule has 1 atom stereocenters. The van der Waals surface area contributed by atoms with Gasteiger partial charge in [-0.3, -0.25) is 4.79 Å². The molecule has 1 unspecified atom stereocenters. The van der Waals surface area contributed by atoms with Gasteiger partial charge in [-0.2, -0.15) is 0 Å². The van der Waals surface area contributed by atoms with Crippen molar-refractivity contribution in [3.8, 4) is 0 Å². The summed E-state index contributed by atoms with van der Waals surface area (Å²) in [6, 6.07) is -0.273. The first-order chi connectivity index (χ1) is 6.02. The first-order valence-electron chi connectivity index (χ1n) is 4.70. The summed E-state index contributed by atoms with van der Waals surface area (Å²) >= 11 is 0. The third kappa shape index (κ3) is 9.30. The Morgan fingerprint density at radius 3 is 2.62 bits per heavy atom. The zero-order valence-corrected chi connectivity index (χ0v) is 8.42. The number of carbonyl (C=O) groups is 1. The lowest BCUT2D eigenvalue weighted by atomic mass is 10.1. The van der Waals surface area contributed by atoms with Crippen LogP contribution < -0.4 is 11.1 Å². The van der Waals surface area contributed by atoms with E-state index in [1.807, 2.05) is 0 Å². The maximum absolute atomic E-state index is 10.2. The predicted molar refractivity (Wildman–Crippen MR) is 52.6 cm³/mol. The Hall–Kier alpha value is -0.610. The van der Waals surface area contributed by atoms with Crippen LogP contribution in [0.25, 0.3) is 0 Å². The van der Waals surface area contributed by atoms with Crippen molar-refractivity contribution in [1.82, 2.24) is 5.32 Å². The number of hydrogen-bond donors (Lipinski definition) is 3. The lowest BCUT2D eigenvalue weighted by Crippen LogP contribution is -2.36. The molecule has 4 nitrogen and oxygen atoms in total. The average molecular weight is 188 g/mol. The molecule has 0 fully saturated rings. The molecular weight excluding hydrogens is 168 g/mol. The van der Waals surface area contributed by atoms with Crippen LogP contribution >= 0.6 is 0 Å². The summed E-state index contributed by atoms with van der Waals surface area (Å²) < 4.78 is 0. The van der Waals surface area contributed by atoms with Gasteiger partial charge in [-0.05, 0) is 18.9 Å². The summed E-state index contributed by atoms with van der Waals surface area (Å²) in [5.74, 6) is -0.165. The van der Waals surface area contributed by atoms with Gasteiger partial charge >= 0.3 is 5.97 Å². The average Bonchev–Trinajstić information content (AvgIpc) is 1.96. The molecule has 13 heavy (non-hydrogen) atoms. The fourth-order valence-electron chi connectivity index (χ4n) is 0.975. The highest BCUT2D eigenvalue weighted by Crippen LogP contribution is 1.96. The zero-order valence-electron chi connectivity index (χ0n) is 8.42. The Morgan fingerprint density at radius 1 is 1.54 bits per heavy atom. The number of nitrogens with two attached hydrogens (primary N) is 1. The van der Waals surface area contributed by atoms with Crippen molar-refractivity contribution in [1.29, 1.82) is 0 Å². The number of rotatable bonds is 7. The van der Waals surface area contributed by atoms with Gasteiger partial charge in [-0.1, -0.05) is 13.8 Å². The Labute approximate surface area is 79.5 Å². The fourth-order valence-corrected chi connectivity index (χ4v) is 0.975. The first kappa shape index (κ1) is 12.4. The quantitative estimate of drug-likeness (QED) is 0.506. The van der Waals surface area contributed by atoms with Gasteiger partial charge in [0.15, 0.2) is 0 Å². The van der Waals surface area contributed by atoms with Gasteiger partial charge in [0.2, 0.25) is 0 Å².